The SMILES string of the molecule is O=S1(=O)C=C(COc2ccccc2)c2c(O)cccc21. The fourth-order valence-electron chi connectivity index (χ4n) is 2.17. The molecule has 102 valence electrons. The number of rotatable bonds is 3. The Morgan fingerprint density at radius 3 is 2.50 bits per heavy atom. The number of benzene rings is 2. The van der Waals surface area contributed by atoms with Gasteiger partial charge >= 0.3 is 0 Å². The van der Waals surface area contributed by atoms with Gasteiger partial charge in [0.1, 0.15) is 18.1 Å². The van der Waals surface area contributed by atoms with Crippen LogP contribution in [-0.4, -0.2) is 20.1 Å². The summed E-state index contributed by atoms with van der Waals surface area (Å²) in [7, 11) is -3.48. The van der Waals surface area contributed by atoms with Crippen molar-refractivity contribution in [1.82, 2.24) is 0 Å². The molecule has 20 heavy (non-hydrogen) atoms. The van der Waals surface area contributed by atoms with E-state index in [1.165, 1.54) is 18.2 Å². The van der Waals surface area contributed by atoms with Crippen molar-refractivity contribution in [2.24, 2.45) is 0 Å². The van der Waals surface area contributed by atoms with Crippen molar-refractivity contribution < 1.29 is 18.3 Å². The molecule has 1 aliphatic rings. The van der Waals surface area contributed by atoms with Crippen molar-refractivity contribution in [3.05, 3.63) is 59.5 Å². The van der Waals surface area contributed by atoms with Gasteiger partial charge in [0.05, 0.1) is 4.90 Å². The Kier molecular flexibility index (Phi) is 2.99. The number of phenolic OH excluding ortho intramolecular Hbond substituents is 1. The van der Waals surface area contributed by atoms with E-state index in [-0.39, 0.29) is 17.3 Å². The average molecular weight is 288 g/mol. The predicted molar refractivity (Wildman–Crippen MR) is 75.2 cm³/mol. The summed E-state index contributed by atoms with van der Waals surface area (Å²) < 4.78 is 29.5. The van der Waals surface area contributed by atoms with Gasteiger partial charge in [0.15, 0.2) is 0 Å². The normalized spacial score (nSPS) is 15.5. The Morgan fingerprint density at radius 2 is 1.75 bits per heavy atom. The third kappa shape index (κ3) is 2.16. The minimum atomic E-state index is -3.48. The first kappa shape index (κ1) is 12.7. The Balaban J connectivity index is 1.93. The second kappa shape index (κ2) is 4.68. The van der Waals surface area contributed by atoms with Gasteiger partial charge in [-0.25, -0.2) is 8.42 Å². The molecule has 0 unspecified atom stereocenters. The van der Waals surface area contributed by atoms with Crippen LogP contribution in [0.2, 0.25) is 0 Å². The van der Waals surface area contributed by atoms with Crippen LogP contribution in [0.4, 0.5) is 0 Å². The van der Waals surface area contributed by atoms with E-state index in [2.05, 4.69) is 0 Å². The lowest BCUT2D eigenvalue weighted by Gasteiger charge is -2.08. The molecule has 3 rings (SSSR count). The molecule has 1 aliphatic heterocycles. The number of sulfone groups is 1. The van der Waals surface area contributed by atoms with Crippen molar-refractivity contribution in [2.45, 2.75) is 4.90 Å². The molecule has 0 radical (unpaired) electrons. The first-order valence-corrected chi connectivity index (χ1v) is 7.58. The molecule has 0 aromatic heterocycles. The lowest BCUT2D eigenvalue weighted by Crippen LogP contribution is -1.99. The summed E-state index contributed by atoms with van der Waals surface area (Å²) in [6.45, 7) is 0.0911. The zero-order valence-corrected chi connectivity index (χ0v) is 11.3. The molecule has 2 aromatic carbocycles. The summed E-state index contributed by atoms with van der Waals surface area (Å²) in [6.07, 6.45) is 0. The van der Waals surface area contributed by atoms with Gasteiger partial charge in [0, 0.05) is 16.5 Å². The molecule has 0 saturated carbocycles. The second-order valence-corrected chi connectivity index (χ2v) is 6.21. The van der Waals surface area contributed by atoms with E-state index < -0.39 is 9.84 Å². The van der Waals surface area contributed by atoms with Crippen molar-refractivity contribution in [1.29, 1.82) is 0 Å². The Bertz CT molecular complexity index is 777. The van der Waals surface area contributed by atoms with E-state index in [1.54, 1.807) is 12.1 Å². The Morgan fingerprint density at radius 1 is 1.00 bits per heavy atom. The Hall–Kier alpha value is -2.27. The summed E-state index contributed by atoms with van der Waals surface area (Å²) in [4.78, 5) is 0.129. The molecule has 1 N–H and O–H groups in total. The zero-order chi connectivity index (χ0) is 14.2. The van der Waals surface area contributed by atoms with Gasteiger partial charge in [-0.2, -0.15) is 0 Å². The van der Waals surface area contributed by atoms with E-state index >= 15 is 0 Å². The molecule has 0 fully saturated rings. The molecular weight excluding hydrogens is 276 g/mol. The summed E-state index contributed by atoms with van der Waals surface area (Å²) in [5.41, 5.74) is 0.797. The largest absolute Gasteiger partial charge is 0.507 e. The molecule has 1 heterocycles. The van der Waals surface area contributed by atoms with Gasteiger partial charge in [-0.3, -0.25) is 0 Å². The quantitative estimate of drug-likeness (QED) is 0.943. The Labute approximate surface area is 116 Å². The van der Waals surface area contributed by atoms with E-state index in [9.17, 15) is 13.5 Å². The fraction of sp³-hybridized carbons (Fsp3) is 0.0667. The van der Waals surface area contributed by atoms with Crippen LogP contribution in [-0.2, 0) is 9.84 Å². The molecule has 0 bridgehead atoms. The van der Waals surface area contributed by atoms with Crippen LogP contribution in [0, 0.1) is 0 Å². The number of phenols is 1. The van der Waals surface area contributed by atoms with Gasteiger partial charge in [0.25, 0.3) is 0 Å². The summed E-state index contributed by atoms with van der Waals surface area (Å²) in [5, 5.41) is 11.0. The maximum atomic E-state index is 12.0. The number of fused-ring (bicyclic) bond motifs is 1. The van der Waals surface area contributed by atoms with Crippen molar-refractivity contribution >= 4 is 15.4 Å². The van der Waals surface area contributed by atoms with Crippen molar-refractivity contribution in [3.63, 3.8) is 0 Å². The third-order valence-corrected chi connectivity index (χ3v) is 4.61. The van der Waals surface area contributed by atoms with E-state index in [0.717, 1.165) is 5.41 Å². The van der Waals surface area contributed by atoms with Crippen LogP contribution in [0.15, 0.2) is 58.8 Å². The number of aromatic hydroxyl groups is 1. The average Bonchev–Trinajstić information content (AvgIpc) is 2.71. The number of hydrogen-bond acceptors (Lipinski definition) is 4. The maximum Gasteiger partial charge on any atom is 0.200 e. The minimum Gasteiger partial charge on any atom is -0.507 e. The molecule has 5 heteroatoms. The molecule has 0 atom stereocenters. The van der Waals surface area contributed by atoms with Crippen LogP contribution in [0.5, 0.6) is 11.5 Å². The monoisotopic (exact) mass is 288 g/mol. The standard InChI is InChI=1S/C15H12O4S/c16-13-7-4-8-14-15(13)11(10-20(14,17)18)9-19-12-5-2-1-3-6-12/h1-8,10,16H,9H2. The number of para-hydroxylation sites is 1. The molecule has 0 spiro atoms. The van der Waals surface area contributed by atoms with Gasteiger partial charge in [-0.05, 0) is 24.3 Å². The van der Waals surface area contributed by atoms with E-state index in [0.29, 0.717) is 16.9 Å². The topological polar surface area (TPSA) is 63.6 Å². The molecular formula is C15H12O4S. The lowest BCUT2D eigenvalue weighted by molar-refractivity contribution is 0.369. The van der Waals surface area contributed by atoms with Crippen LogP contribution in [0.1, 0.15) is 5.56 Å². The first-order valence-electron chi connectivity index (χ1n) is 6.04. The molecule has 0 saturated heterocycles. The highest BCUT2D eigenvalue weighted by Gasteiger charge is 2.29. The highest BCUT2D eigenvalue weighted by Crippen LogP contribution is 2.39. The maximum absolute atomic E-state index is 12.0. The minimum absolute atomic E-state index is 0.0495. The van der Waals surface area contributed by atoms with Crippen LogP contribution >= 0.6 is 0 Å². The highest BCUT2D eigenvalue weighted by molar-refractivity contribution is 7.95. The van der Waals surface area contributed by atoms with Crippen LogP contribution in [0.25, 0.3) is 5.57 Å². The summed E-state index contributed by atoms with van der Waals surface area (Å²) in [6, 6.07) is 13.6. The van der Waals surface area contributed by atoms with Crippen molar-refractivity contribution in [3.8, 4) is 11.5 Å². The number of ether oxygens (including phenoxy) is 1. The summed E-state index contributed by atoms with van der Waals surface area (Å²) >= 11 is 0. The van der Waals surface area contributed by atoms with Crippen LogP contribution in [0.3, 0.4) is 0 Å². The number of hydrogen-bond donors (Lipinski definition) is 1. The molecule has 4 nitrogen and oxygen atoms in total. The van der Waals surface area contributed by atoms with E-state index in [1.807, 2.05) is 18.2 Å². The second-order valence-electron chi connectivity index (χ2n) is 4.44. The van der Waals surface area contributed by atoms with Gasteiger partial charge in [0.2, 0.25) is 9.84 Å². The lowest BCUT2D eigenvalue weighted by atomic mass is 10.1. The molecule has 2 aromatic rings. The van der Waals surface area contributed by atoms with Crippen molar-refractivity contribution in [2.75, 3.05) is 6.61 Å². The first-order chi connectivity index (χ1) is 9.58. The van der Waals surface area contributed by atoms with E-state index in [4.69, 9.17) is 4.74 Å². The third-order valence-electron chi connectivity index (χ3n) is 3.07. The fourth-order valence-corrected chi connectivity index (χ4v) is 3.65. The molecule has 0 aliphatic carbocycles. The van der Waals surface area contributed by atoms with Gasteiger partial charge < -0.3 is 9.84 Å². The smallest absolute Gasteiger partial charge is 0.200 e. The predicted octanol–water partition coefficient (Wildman–Crippen LogP) is 2.60. The van der Waals surface area contributed by atoms with Gasteiger partial charge in [-0.15, -0.1) is 0 Å². The summed E-state index contributed by atoms with van der Waals surface area (Å²) in [5.74, 6) is 0.598. The van der Waals surface area contributed by atoms with Gasteiger partial charge in [-0.1, -0.05) is 24.3 Å². The zero-order valence-electron chi connectivity index (χ0n) is 10.5. The van der Waals surface area contributed by atoms with Crippen LogP contribution < -0.4 is 4.74 Å². The highest BCUT2D eigenvalue weighted by atomic mass is 32.2. The molecule has 0 amide bonds.